The zero-order valence-electron chi connectivity index (χ0n) is 16.3. The van der Waals surface area contributed by atoms with Gasteiger partial charge in [-0.05, 0) is 36.2 Å². The van der Waals surface area contributed by atoms with Crippen molar-refractivity contribution >= 4 is 40.9 Å². The molecule has 0 saturated carbocycles. The van der Waals surface area contributed by atoms with E-state index in [1.54, 1.807) is 12.3 Å². The lowest BCUT2D eigenvalue weighted by Gasteiger charge is -2.14. The van der Waals surface area contributed by atoms with Crippen molar-refractivity contribution in [2.45, 2.75) is 49.1 Å². The number of halogens is 2. The molecule has 152 valence electrons. The monoisotopic (exact) mass is 449 g/mol. The summed E-state index contributed by atoms with van der Waals surface area (Å²) in [6.07, 6.45) is 1.59. The predicted octanol–water partition coefficient (Wildman–Crippen LogP) is 6.23. The minimum atomic E-state index is -0.558. The van der Waals surface area contributed by atoms with Crippen molar-refractivity contribution in [2.24, 2.45) is 0 Å². The van der Waals surface area contributed by atoms with Gasteiger partial charge in [-0.25, -0.2) is 4.98 Å². The zero-order chi connectivity index (χ0) is 21.0. The minimum absolute atomic E-state index is 0.171. The van der Waals surface area contributed by atoms with E-state index >= 15 is 0 Å². The molecule has 1 atom stereocenters. The van der Waals surface area contributed by atoms with Crippen LogP contribution in [-0.2, 0) is 16.0 Å². The van der Waals surface area contributed by atoms with Crippen LogP contribution in [0.3, 0.4) is 0 Å². The molecular weight excluding hydrogens is 429 g/mol. The van der Waals surface area contributed by atoms with Crippen LogP contribution in [0.2, 0.25) is 10.0 Å². The summed E-state index contributed by atoms with van der Waals surface area (Å²) in [5.41, 5.74) is 1.70. The number of nitrogens with one attached hydrogen (secondary N) is 1. The third-order valence-corrected chi connectivity index (χ3v) is 5.48. The molecule has 0 radical (unpaired) electrons. The molecular formula is C21H21Cl2N3O2S. The van der Waals surface area contributed by atoms with Crippen LogP contribution in [0.4, 0.5) is 0 Å². The maximum Gasteiger partial charge on any atom is 0.303 e. The standard InChI is InChI=1S/C21H21Cl2N3O2S/c1-12(2)19-21(29-17-9-14(22)8-15(23)10-17)26-20(25-19)18(28-13(3)27)11-16-6-4-5-7-24-16/h4-10,12,18H,11H2,1-3H3,(H,25,26). The smallest absolute Gasteiger partial charge is 0.303 e. The Balaban J connectivity index is 1.94. The minimum Gasteiger partial charge on any atom is -0.454 e. The quantitative estimate of drug-likeness (QED) is 0.432. The number of rotatable bonds is 7. The molecule has 0 aliphatic rings. The number of carbonyl (C=O) groups is 1. The number of ether oxygens (including phenoxy) is 1. The molecule has 1 unspecified atom stereocenters. The summed E-state index contributed by atoms with van der Waals surface area (Å²) in [5.74, 6) is 0.388. The van der Waals surface area contributed by atoms with Crippen LogP contribution >= 0.6 is 35.0 Å². The van der Waals surface area contributed by atoms with Crippen LogP contribution in [0.1, 0.15) is 50.0 Å². The largest absolute Gasteiger partial charge is 0.454 e. The van der Waals surface area contributed by atoms with E-state index < -0.39 is 6.10 Å². The summed E-state index contributed by atoms with van der Waals surface area (Å²) in [6.45, 7) is 5.52. The number of aromatic amines is 1. The van der Waals surface area contributed by atoms with Crippen molar-refractivity contribution < 1.29 is 9.53 Å². The second-order valence-corrected chi connectivity index (χ2v) is 8.78. The molecule has 2 aromatic heterocycles. The number of pyridine rings is 1. The van der Waals surface area contributed by atoms with Gasteiger partial charge in [-0.1, -0.05) is 54.9 Å². The molecule has 0 spiro atoms. The summed E-state index contributed by atoms with van der Waals surface area (Å²) in [4.78, 5) is 25.0. The van der Waals surface area contributed by atoms with Gasteiger partial charge in [-0.15, -0.1) is 0 Å². The summed E-state index contributed by atoms with van der Waals surface area (Å²) in [5, 5.41) is 2.00. The maximum atomic E-state index is 11.7. The molecule has 0 fully saturated rings. The highest BCUT2D eigenvalue weighted by atomic mass is 35.5. The van der Waals surface area contributed by atoms with Crippen LogP contribution in [-0.4, -0.2) is 20.9 Å². The Labute approximate surface area is 184 Å². The summed E-state index contributed by atoms with van der Waals surface area (Å²) < 4.78 is 5.55. The number of imidazole rings is 1. The highest BCUT2D eigenvalue weighted by Gasteiger charge is 2.24. The third-order valence-electron chi connectivity index (χ3n) is 4.05. The number of esters is 1. The fraction of sp³-hybridized carbons (Fsp3) is 0.286. The van der Waals surface area contributed by atoms with Crippen LogP contribution in [0.25, 0.3) is 0 Å². The fourth-order valence-electron chi connectivity index (χ4n) is 2.82. The second kappa shape index (κ2) is 9.65. The van der Waals surface area contributed by atoms with Crippen molar-refractivity contribution in [2.75, 3.05) is 0 Å². The van der Waals surface area contributed by atoms with Crippen LogP contribution in [0, 0.1) is 0 Å². The van der Waals surface area contributed by atoms with Gasteiger partial charge in [0, 0.05) is 40.2 Å². The molecule has 0 saturated heterocycles. The molecule has 29 heavy (non-hydrogen) atoms. The number of hydrogen-bond donors (Lipinski definition) is 1. The molecule has 1 N–H and O–H groups in total. The Kier molecular flexibility index (Phi) is 7.22. The molecule has 0 aliphatic heterocycles. The third kappa shape index (κ3) is 5.98. The van der Waals surface area contributed by atoms with Crippen molar-refractivity contribution in [1.82, 2.24) is 15.0 Å². The molecule has 0 bridgehead atoms. The van der Waals surface area contributed by atoms with Gasteiger partial charge in [-0.2, -0.15) is 0 Å². The van der Waals surface area contributed by atoms with Crippen molar-refractivity contribution in [3.8, 4) is 0 Å². The molecule has 1 aromatic carbocycles. The number of carbonyl (C=O) groups excluding carboxylic acids is 1. The molecule has 2 heterocycles. The number of nitrogens with zero attached hydrogens (tertiary/aromatic N) is 2. The van der Waals surface area contributed by atoms with Gasteiger partial charge in [0.15, 0.2) is 6.10 Å². The van der Waals surface area contributed by atoms with E-state index in [1.165, 1.54) is 18.7 Å². The van der Waals surface area contributed by atoms with E-state index in [0.717, 1.165) is 21.3 Å². The first-order valence-corrected chi connectivity index (χ1v) is 10.7. The lowest BCUT2D eigenvalue weighted by molar-refractivity contribution is -0.147. The average Bonchev–Trinajstić information content (AvgIpc) is 3.05. The summed E-state index contributed by atoms with van der Waals surface area (Å²) >= 11 is 13.8. The Bertz CT molecular complexity index is 973. The van der Waals surface area contributed by atoms with Gasteiger partial charge in [-0.3, -0.25) is 9.78 Å². The SMILES string of the molecule is CC(=O)OC(Cc1ccccn1)c1nc(C(C)C)c(Sc2cc(Cl)cc(Cl)c2)[nH]1. The van der Waals surface area contributed by atoms with E-state index in [2.05, 4.69) is 23.8 Å². The highest BCUT2D eigenvalue weighted by Crippen LogP contribution is 2.36. The Morgan fingerprint density at radius 3 is 2.52 bits per heavy atom. The number of benzene rings is 1. The molecule has 0 amide bonds. The second-order valence-electron chi connectivity index (χ2n) is 6.82. The molecule has 3 rings (SSSR count). The Morgan fingerprint density at radius 2 is 1.93 bits per heavy atom. The summed E-state index contributed by atoms with van der Waals surface area (Å²) in [7, 11) is 0. The number of hydrogen-bond acceptors (Lipinski definition) is 5. The fourth-order valence-corrected chi connectivity index (χ4v) is 4.62. The maximum absolute atomic E-state index is 11.7. The van der Waals surface area contributed by atoms with Gasteiger partial charge in [0.05, 0.1) is 5.69 Å². The van der Waals surface area contributed by atoms with E-state index in [4.69, 9.17) is 32.9 Å². The first kappa shape index (κ1) is 21.7. The van der Waals surface area contributed by atoms with Gasteiger partial charge < -0.3 is 9.72 Å². The lowest BCUT2D eigenvalue weighted by atomic mass is 10.1. The van der Waals surface area contributed by atoms with Crippen molar-refractivity contribution in [3.05, 3.63) is 69.9 Å². The normalized spacial score (nSPS) is 12.2. The van der Waals surface area contributed by atoms with E-state index in [1.807, 2.05) is 30.3 Å². The lowest BCUT2D eigenvalue weighted by Crippen LogP contribution is -2.13. The van der Waals surface area contributed by atoms with Crippen LogP contribution in [0.15, 0.2) is 52.5 Å². The molecule has 3 aromatic rings. The van der Waals surface area contributed by atoms with E-state index in [-0.39, 0.29) is 11.9 Å². The van der Waals surface area contributed by atoms with Crippen LogP contribution in [0.5, 0.6) is 0 Å². The van der Waals surface area contributed by atoms with Gasteiger partial charge in [0.2, 0.25) is 0 Å². The molecule has 0 aliphatic carbocycles. The van der Waals surface area contributed by atoms with Crippen molar-refractivity contribution in [1.29, 1.82) is 0 Å². The molecule has 5 nitrogen and oxygen atoms in total. The molecule has 8 heteroatoms. The Hall–Kier alpha value is -2.02. The topological polar surface area (TPSA) is 67.9 Å². The number of aromatic nitrogens is 3. The first-order chi connectivity index (χ1) is 13.8. The Morgan fingerprint density at radius 1 is 1.21 bits per heavy atom. The number of H-pyrrole nitrogens is 1. The van der Waals surface area contributed by atoms with Crippen molar-refractivity contribution in [3.63, 3.8) is 0 Å². The zero-order valence-corrected chi connectivity index (χ0v) is 18.6. The predicted molar refractivity (Wildman–Crippen MR) is 116 cm³/mol. The van der Waals surface area contributed by atoms with E-state index in [9.17, 15) is 4.79 Å². The first-order valence-electron chi connectivity index (χ1n) is 9.12. The summed E-state index contributed by atoms with van der Waals surface area (Å²) in [6, 6.07) is 11.0. The van der Waals surface area contributed by atoms with Gasteiger partial charge in [0.25, 0.3) is 0 Å². The van der Waals surface area contributed by atoms with Crippen LogP contribution < -0.4 is 0 Å². The van der Waals surface area contributed by atoms with Gasteiger partial charge in [0.1, 0.15) is 10.9 Å². The van der Waals surface area contributed by atoms with Gasteiger partial charge >= 0.3 is 5.97 Å². The van der Waals surface area contributed by atoms with E-state index in [0.29, 0.717) is 22.3 Å². The highest BCUT2D eigenvalue weighted by molar-refractivity contribution is 7.99. The average molecular weight is 450 g/mol.